The van der Waals surface area contributed by atoms with Crippen molar-refractivity contribution in [2.45, 2.75) is 89.8 Å². The van der Waals surface area contributed by atoms with Crippen molar-refractivity contribution in [1.82, 2.24) is 48.4 Å². The normalized spacial score (nSPS) is 19.2. The smallest absolute Gasteiger partial charge is 0.338 e. The average molecular weight is 885 g/mol. The predicted molar refractivity (Wildman–Crippen MR) is 237 cm³/mol. The number of nitrogens with zero attached hydrogens (tertiary/aromatic N) is 10. The van der Waals surface area contributed by atoms with E-state index in [1.54, 1.807) is 60.7 Å². The number of imidazole rings is 1. The summed E-state index contributed by atoms with van der Waals surface area (Å²) < 4.78 is 45.2. The molecule has 7 heterocycles. The van der Waals surface area contributed by atoms with E-state index in [1.807, 2.05) is 17.9 Å². The van der Waals surface area contributed by atoms with Crippen LogP contribution in [-0.4, -0.2) is 78.1 Å². The fourth-order valence-electron chi connectivity index (χ4n) is 10.3. The van der Waals surface area contributed by atoms with Crippen LogP contribution in [0.15, 0.2) is 71.9 Å². The predicted octanol–water partition coefficient (Wildman–Crippen LogP) is 8.08. The van der Waals surface area contributed by atoms with Crippen LogP contribution < -0.4 is 5.69 Å². The molecule has 2 aliphatic heterocycles. The molecule has 1 unspecified atom stereocenters. The van der Waals surface area contributed by atoms with Crippen molar-refractivity contribution in [2.24, 2.45) is 7.05 Å². The lowest BCUT2D eigenvalue weighted by Gasteiger charge is -2.35. The summed E-state index contributed by atoms with van der Waals surface area (Å²) in [6.07, 6.45) is 8.08. The van der Waals surface area contributed by atoms with Crippen LogP contribution in [0.5, 0.6) is 5.19 Å². The van der Waals surface area contributed by atoms with Gasteiger partial charge in [0.1, 0.15) is 22.3 Å². The van der Waals surface area contributed by atoms with Gasteiger partial charge >= 0.3 is 5.69 Å². The van der Waals surface area contributed by atoms with Crippen LogP contribution in [0.2, 0.25) is 0 Å². The Bertz CT molecular complexity index is 3270. The Balaban J connectivity index is 1.05. The molecule has 0 spiro atoms. The molecule has 5 aromatic heterocycles. The van der Waals surface area contributed by atoms with Gasteiger partial charge in [0.15, 0.2) is 5.82 Å². The second-order valence-electron chi connectivity index (χ2n) is 18.2. The Labute approximate surface area is 369 Å². The number of fused-ring (bicyclic) bond motifs is 3. The number of aromatic nitrogens is 9. The maximum absolute atomic E-state index is 16.1. The molecule has 0 bridgehead atoms. The first-order chi connectivity index (χ1) is 30.6. The highest BCUT2D eigenvalue weighted by Gasteiger charge is 2.52. The fraction of sp³-hybridized carbons (Fsp3) is 0.362. The molecule has 1 N–H and O–H groups in total. The van der Waals surface area contributed by atoms with Gasteiger partial charge in [-0.05, 0) is 125 Å². The Morgan fingerprint density at radius 2 is 1.72 bits per heavy atom. The molecule has 14 nitrogen and oxygen atoms in total. The minimum Gasteiger partial charge on any atom is -0.485 e. The van der Waals surface area contributed by atoms with Gasteiger partial charge in [-0.1, -0.05) is 17.4 Å². The maximum Gasteiger partial charge on any atom is 0.338 e. The molecule has 11 rings (SSSR count). The second kappa shape index (κ2) is 14.3. The molecule has 1 amide bonds. The summed E-state index contributed by atoms with van der Waals surface area (Å²) in [4.78, 5) is 31.9. The number of hydrogen-bond acceptors (Lipinski definition) is 9. The lowest BCUT2D eigenvalue weighted by Crippen LogP contribution is -2.41. The van der Waals surface area contributed by atoms with E-state index in [9.17, 15) is 9.90 Å². The Kier molecular flexibility index (Phi) is 8.99. The molecule has 1 saturated carbocycles. The molecule has 2 fully saturated rings. The van der Waals surface area contributed by atoms with Crippen LogP contribution in [0.1, 0.15) is 102 Å². The number of carbonyl (C=O) groups excluding carboxylic acids is 1. The molecule has 2 atom stereocenters. The molecule has 1 aliphatic carbocycles. The van der Waals surface area contributed by atoms with Crippen LogP contribution in [-0.2, 0) is 23.7 Å². The molecule has 8 aromatic rings. The summed E-state index contributed by atoms with van der Waals surface area (Å²) in [5, 5.41) is 29.7. The van der Waals surface area contributed by atoms with Crippen molar-refractivity contribution in [3.8, 4) is 22.4 Å². The summed E-state index contributed by atoms with van der Waals surface area (Å²) in [6, 6.07) is 14.5. The third-order valence-corrected chi connectivity index (χ3v) is 14.6. The van der Waals surface area contributed by atoms with Crippen LogP contribution in [0.4, 0.5) is 8.78 Å². The molecular weight excluding hydrogens is 839 g/mol. The van der Waals surface area contributed by atoms with E-state index in [4.69, 9.17) is 9.84 Å². The van der Waals surface area contributed by atoms with Gasteiger partial charge in [-0.2, -0.15) is 10.2 Å². The molecular formula is C47H46F2N10O4S. The van der Waals surface area contributed by atoms with E-state index in [2.05, 4.69) is 51.9 Å². The zero-order valence-corrected chi connectivity index (χ0v) is 37.1. The Morgan fingerprint density at radius 1 is 0.969 bits per heavy atom. The first-order valence-corrected chi connectivity index (χ1v) is 22.4. The van der Waals surface area contributed by atoms with Gasteiger partial charge in [0, 0.05) is 55.5 Å². The minimum absolute atomic E-state index is 0.0526. The number of hydrogen-bond donors (Lipinski definition) is 1. The van der Waals surface area contributed by atoms with E-state index in [-0.39, 0.29) is 33.6 Å². The molecule has 3 aromatic carbocycles. The van der Waals surface area contributed by atoms with E-state index in [0.717, 1.165) is 35.1 Å². The van der Waals surface area contributed by atoms with E-state index >= 15 is 13.6 Å². The van der Waals surface area contributed by atoms with Gasteiger partial charge < -0.3 is 19.3 Å². The van der Waals surface area contributed by atoms with E-state index < -0.39 is 23.1 Å². The Hall–Kier alpha value is -6.46. The number of rotatable bonds is 7. The number of amides is 1. The highest BCUT2D eigenvalue weighted by atomic mass is 32.1. The number of aryl methyl sites for hydroxylation is 3. The maximum atomic E-state index is 16.1. The highest BCUT2D eigenvalue weighted by molar-refractivity contribution is 7.13. The minimum atomic E-state index is -0.670. The van der Waals surface area contributed by atoms with Crippen LogP contribution in [0, 0.1) is 25.5 Å². The first-order valence-electron chi connectivity index (χ1n) is 21.6. The molecule has 0 radical (unpaired) electrons. The summed E-state index contributed by atoms with van der Waals surface area (Å²) in [6.45, 7) is 10.5. The lowest BCUT2D eigenvalue weighted by molar-refractivity contribution is -0.0592. The monoisotopic (exact) mass is 884 g/mol. The van der Waals surface area contributed by atoms with Gasteiger partial charge in [0.25, 0.3) is 11.1 Å². The summed E-state index contributed by atoms with van der Waals surface area (Å²) >= 11 is 1.12. The molecule has 3 aliphatic rings. The van der Waals surface area contributed by atoms with Gasteiger partial charge in [-0.15, -0.1) is 10.2 Å². The molecule has 17 heteroatoms. The van der Waals surface area contributed by atoms with Gasteiger partial charge in [-0.25, -0.2) is 18.3 Å². The standard InChI is InChI=1S/C47H46F2N10O4S/c1-25-19-31(20-26(2)39(25)48)59-41(57-17-16-56(45(57)62)36-10-9-35-32(40(36)49)24-50-54(35)6)38-27(3)55(15-11-33(38)53-59)42(60)37-22-30-21-28(29-12-18-63-46(4,5)23-29)7-8-34(30)58(37)47(13-14-47)43-51-52-44(61)64-43/h7-10,16-17,19-22,24,27,29H,11-15,18,23H2,1-6H3,(H,52,61)/t27-,29?/m0/s1. The fourth-order valence-corrected chi connectivity index (χ4v) is 11.1. The topological polar surface area (TPSA) is 143 Å². The second-order valence-corrected chi connectivity index (χ2v) is 19.2. The van der Waals surface area contributed by atoms with Crippen LogP contribution in [0.25, 0.3) is 39.0 Å². The van der Waals surface area contributed by atoms with Crippen molar-refractivity contribution in [1.29, 1.82) is 0 Å². The SMILES string of the molecule is Cc1cc(-n2nc3c(c2-n2ccn(-c4ccc5c(cnn5C)c4F)c2=O)[C@H](C)N(C(=O)c2cc4cc(C5CCOC(C)(C)C5)ccc4n2C2(c4nnc(O)s4)CC2)CC3)cc(C)c1F. The Morgan fingerprint density at radius 3 is 2.44 bits per heavy atom. The molecule has 328 valence electrons. The molecule has 1 saturated heterocycles. The van der Waals surface area contributed by atoms with Crippen LogP contribution >= 0.6 is 11.3 Å². The lowest BCUT2D eigenvalue weighted by atomic mass is 9.83. The van der Waals surface area contributed by atoms with Crippen molar-refractivity contribution in [3.05, 3.63) is 128 Å². The first kappa shape index (κ1) is 40.3. The number of aromatic hydroxyl groups is 1. The van der Waals surface area contributed by atoms with Crippen molar-refractivity contribution in [2.75, 3.05) is 13.2 Å². The number of halogens is 2. The van der Waals surface area contributed by atoms with Gasteiger partial charge in [0.2, 0.25) is 0 Å². The van der Waals surface area contributed by atoms with E-state index in [1.165, 1.54) is 27.1 Å². The highest BCUT2D eigenvalue weighted by Crippen LogP contribution is 2.54. The number of benzene rings is 3. The quantitative estimate of drug-likeness (QED) is 0.169. The zero-order valence-electron chi connectivity index (χ0n) is 36.3. The van der Waals surface area contributed by atoms with E-state index in [0.29, 0.717) is 88.4 Å². The van der Waals surface area contributed by atoms with Crippen molar-refractivity contribution < 1.29 is 23.4 Å². The van der Waals surface area contributed by atoms with Crippen molar-refractivity contribution in [3.63, 3.8) is 0 Å². The largest absolute Gasteiger partial charge is 0.485 e. The van der Waals surface area contributed by atoms with Gasteiger partial charge in [0.05, 0.1) is 51.4 Å². The number of carbonyl (C=O) groups is 1. The summed E-state index contributed by atoms with van der Waals surface area (Å²) in [7, 11) is 1.72. The number of ether oxygens (including phenoxy) is 1. The average Bonchev–Trinajstić information content (AvgIpc) is 3.72. The van der Waals surface area contributed by atoms with Gasteiger partial charge in [-0.3, -0.25) is 18.6 Å². The van der Waals surface area contributed by atoms with Crippen molar-refractivity contribution >= 4 is 39.0 Å². The van der Waals surface area contributed by atoms with Crippen LogP contribution in [0.3, 0.4) is 0 Å². The summed E-state index contributed by atoms with van der Waals surface area (Å²) in [5.74, 6) is -0.486. The zero-order chi connectivity index (χ0) is 44.6. The third-order valence-electron chi connectivity index (χ3n) is 13.7. The third kappa shape index (κ3) is 6.10. The summed E-state index contributed by atoms with van der Waals surface area (Å²) in [5.41, 5.74) is 4.39. The molecule has 64 heavy (non-hydrogen) atoms.